The van der Waals surface area contributed by atoms with Gasteiger partial charge in [0.05, 0.1) is 20.8 Å². The summed E-state index contributed by atoms with van der Waals surface area (Å²) in [6, 6.07) is 4.83. The number of hydrogen-bond donors (Lipinski definition) is 0. The zero-order chi connectivity index (χ0) is 12.7. The van der Waals surface area contributed by atoms with Crippen molar-refractivity contribution in [1.82, 2.24) is 0 Å². The molecule has 0 saturated carbocycles. The molecule has 5 heteroatoms. The first-order valence-electron chi connectivity index (χ1n) is 5.08. The third-order valence-electron chi connectivity index (χ3n) is 1.99. The fraction of sp³-hybridized carbons (Fsp3) is 0.333. The van der Waals surface area contributed by atoms with Crippen molar-refractivity contribution in [1.29, 1.82) is 0 Å². The van der Waals surface area contributed by atoms with Gasteiger partial charge < -0.3 is 9.47 Å². The maximum Gasteiger partial charge on any atom is 0.376 e. The zero-order valence-electron chi connectivity index (χ0n) is 9.89. The Morgan fingerprint density at radius 3 is 2.65 bits per heavy atom. The molecule has 0 aliphatic heterocycles. The van der Waals surface area contributed by atoms with Crippen LogP contribution < -0.4 is 9.47 Å². The summed E-state index contributed by atoms with van der Waals surface area (Å²) in [5.74, 6) is 0.304. The molecule has 1 aromatic rings. The molecule has 0 spiro atoms. The van der Waals surface area contributed by atoms with E-state index in [0.717, 1.165) is 0 Å². The lowest BCUT2D eigenvalue weighted by molar-refractivity contribution is -0.239. The molecule has 0 aromatic heterocycles. The minimum atomic E-state index is -0.630. The summed E-state index contributed by atoms with van der Waals surface area (Å²) in [5.41, 5.74) is 0.246. The molecule has 5 nitrogen and oxygen atoms in total. The molecule has 0 unspecified atom stereocenters. The molecule has 0 heterocycles. The summed E-state index contributed by atoms with van der Waals surface area (Å²) < 4.78 is 10.1. The van der Waals surface area contributed by atoms with Crippen LogP contribution in [0.5, 0.6) is 11.5 Å². The van der Waals surface area contributed by atoms with Gasteiger partial charge in [-0.3, -0.25) is 4.89 Å². The highest BCUT2D eigenvalue weighted by molar-refractivity contribution is 5.92. The highest BCUT2D eigenvalue weighted by Crippen LogP contribution is 2.24. The minimum Gasteiger partial charge on any atom is -0.497 e. The topological polar surface area (TPSA) is 54.0 Å². The lowest BCUT2D eigenvalue weighted by Gasteiger charge is -2.09. The molecule has 1 aromatic carbocycles. The third-order valence-corrected chi connectivity index (χ3v) is 1.99. The number of carbonyl (C=O) groups is 1. The molecule has 17 heavy (non-hydrogen) atoms. The van der Waals surface area contributed by atoms with Gasteiger partial charge in [0, 0.05) is 0 Å². The lowest BCUT2D eigenvalue weighted by atomic mass is 10.2. The Kier molecular flexibility index (Phi) is 5.29. The predicted octanol–water partition coefficient (Wildman–Crippen LogP) is 2.02. The molecule has 0 amide bonds. The molecule has 0 fully saturated rings. The summed E-state index contributed by atoms with van der Waals surface area (Å²) in [5, 5.41) is 0. The Morgan fingerprint density at radius 1 is 1.29 bits per heavy atom. The second-order valence-corrected chi connectivity index (χ2v) is 3.11. The molecule has 0 bridgehead atoms. The van der Waals surface area contributed by atoms with E-state index in [1.54, 1.807) is 12.1 Å². The Morgan fingerprint density at radius 2 is 2.06 bits per heavy atom. The summed E-state index contributed by atoms with van der Waals surface area (Å²) in [6.45, 7) is 3.80. The smallest absolute Gasteiger partial charge is 0.376 e. The molecular formula is C12H15O5. The van der Waals surface area contributed by atoms with Gasteiger partial charge in [-0.1, -0.05) is 6.92 Å². The van der Waals surface area contributed by atoms with Crippen molar-refractivity contribution in [2.45, 2.75) is 6.42 Å². The van der Waals surface area contributed by atoms with Crippen molar-refractivity contribution in [3.63, 3.8) is 0 Å². The van der Waals surface area contributed by atoms with E-state index >= 15 is 0 Å². The molecule has 0 aliphatic rings. The molecule has 1 rings (SSSR count). The largest absolute Gasteiger partial charge is 0.497 e. The first-order valence-corrected chi connectivity index (χ1v) is 5.08. The Balaban J connectivity index is 2.82. The van der Waals surface area contributed by atoms with Crippen LogP contribution in [0.4, 0.5) is 0 Å². The number of benzene rings is 1. The van der Waals surface area contributed by atoms with Gasteiger partial charge in [-0.2, -0.15) is 4.89 Å². The van der Waals surface area contributed by atoms with E-state index in [-0.39, 0.29) is 12.2 Å². The fourth-order valence-corrected chi connectivity index (χ4v) is 1.17. The van der Waals surface area contributed by atoms with Crippen molar-refractivity contribution in [2.75, 3.05) is 20.8 Å². The zero-order valence-corrected chi connectivity index (χ0v) is 9.89. The SMILES string of the molecule is [CH2]CCOOC(=O)c1cc(OC)ccc1OC. The number of rotatable bonds is 6. The molecule has 93 valence electrons. The molecule has 0 N–H and O–H groups in total. The van der Waals surface area contributed by atoms with Crippen molar-refractivity contribution < 1.29 is 24.0 Å². The maximum absolute atomic E-state index is 11.7. The number of methoxy groups -OCH3 is 2. The van der Waals surface area contributed by atoms with Crippen molar-refractivity contribution in [3.8, 4) is 11.5 Å². The van der Waals surface area contributed by atoms with Crippen LogP contribution in [0.3, 0.4) is 0 Å². The average molecular weight is 239 g/mol. The number of carbonyl (C=O) groups excluding carboxylic acids is 1. The quantitative estimate of drug-likeness (QED) is 0.432. The van der Waals surface area contributed by atoms with Crippen LogP contribution in [-0.2, 0) is 9.78 Å². The van der Waals surface area contributed by atoms with Crippen molar-refractivity contribution in [3.05, 3.63) is 30.7 Å². The molecule has 0 atom stereocenters. The van der Waals surface area contributed by atoms with Gasteiger partial charge >= 0.3 is 5.97 Å². The standard InChI is InChI=1S/C12H15O5/c1-4-7-16-17-12(13)10-8-9(14-2)5-6-11(10)15-3/h5-6,8H,1,4,7H2,2-3H3. The van der Waals surface area contributed by atoms with Crippen molar-refractivity contribution >= 4 is 5.97 Å². The fourth-order valence-electron chi connectivity index (χ4n) is 1.17. The first kappa shape index (κ1) is 13.3. The Hall–Kier alpha value is -1.75. The average Bonchev–Trinajstić information content (AvgIpc) is 2.38. The van der Waals surface area contributed by atoms with Crippen LogP contribution in [0.1, 0.15) is 16.8 Å². The molecule has 1 radical (unpaired) electrons. The van der Waals surface area contributed by atoms with Crippen LogP contribution in [0.15, 0.2) is 18.2 Å². The molecule has 0 aliphatic carbocycles. The predicted molar refractivity (Wildman–Crippen MR) is 60.9 cm³/mol. The summed E-state index contributed by atoms with van der Waals surface area (Å²) in [4.78, 5) is 20.9. The van der Waals surface area contributed by atoms with Crippen LogP contribution in [0, 0.1) is 6.92 Å². The van der Waals surface area contributed by atoms with E-state index in [2.05, 4.69) is 16.7 Å². The Labute approximate surface area is 100 Å². The second kappa shape index (κ2) is 6.75. The van der Waals surface area contributed by atoms with E-state index < -0.39 is 5.97 Å². The Bertz CT molecular complexity index is 375. The van der Waals surface area contributed by atoms with E-state index in [1.165, 1.54) is 20.3 Å². The van der Waals surface area contributed by atoms with Gasteiger partial charge in [-0.05, 0) is 24.6 Å². The monoisotopic (exact) mass is 239 g/mol. The highest BCUT2D eigenvalue weighted by atomic mass is 17.2. The van der Waals surface area contributed by atoms with E-state index in [9.17, 15) is 4.79 Å². The van der Waals surface area contributed by atoms with Crippen LogP contribution in [0.25, 0.3) is 0 Å². The van der Waals surface area contributed by atoms with Crippen LogP contribution >= 0.6 is 0 Å². The van der Waals surface area contributed by atoms with Crippen LogP contribution in [-0.4, -0.2) is 26.8 Å². The van der Waals surface area contributed by atoms with E-state index in [4.69, 9.17) is 9.47 Å². The first-order chi connectivity index (χ1) is 8.22. The van der Waals surface area contributed by atoms with Gasteiger partial charge in [0.2, 0.25) is 0 Å². The van der Waals surface area contributed by atoms with E-state index in [0.29, 0.717) is 17.9 Å². The summed E-state index contributed by atoms with van der Waals surface area (Å²) >= 11 is 0. The van der Waals surface area contributed by atoms with E-state index in [1.807, 2.05) is 0 Å². The van der Waals surface area contributed by atoms with Gasteiger partial charge in [0.1, 0.15) is 17.1 Å². The van der Waals surface area contributed by atoms with Gasteiger partial charge in [-0.15, -0.1) is 0 Å². The van der Waals surface area contributed by atoms with Crippen molar-refractivity contribution in [2.24, 2.45) is 0 Å². The van der Waals surface area contributed by atoms with Gasteiger partial charge in [0.15, 0.2) is 0 Å². The third kappa shape index (κ3) is 3.64. The van der Waals surface area contributed by atoms with Crippen LogP contribution in [0.2, 0.25) is 0 Å². The lowest BCUT2D eigenvalue weighted by Crippen LogP contribution is -2.08. The van der Waals surface area contributed by atoms with Gasteiger partial charge in [0.25, 0.3) is 0 Å². The number of hydrogen-bond acceptors (Lipinski definition) is 5. The minimum absolute atomic E-state index is 0.246. The highest BCUT2D eigenvalue weighted by Gasteiger charge is 2.16. The molecule has 0 saturated heterocycles. The normalized spacial score (nSPS) is 9.82. The summed E-state index contributed by atoms with van der Waals surface area (Å²) in [6.07, 6.45) is 0.516. The summed E-state index contributed by atoms with van der Waals surface area (Å²) in [7, 11) is 2.98. The number of ether oxygens (including phenoxy) is 2. The second-order valence-electron chi connectivity index (χ2n) is 3.11. The van der Waals surface area contributed by atoms with Gasteiger partial charge in [-0.25, -0.2) is 4.79 Å². The maximum atomic E-state index is 11.7. The molecular weight excluding hydrogens is 224 g/mol.